The van der Waals surface area contributed by atoms with E-state index in [1.54, 1.807) is 28.9 Å². The minimum absolute atomic E-state index is 0.201. The van der Waals surface area contributed by atoms with Gasteiger partial charge in [-0.25, -0.2) is 4.79 Å². The molecule has 0 aliphatic carbocycles. The van der Waals surface area contributed by atoms with E-state index in [0.717, 1.165) is 15.7 Å². The first-order valence-electron chi connectivity index (χ1n) is 8.68. The van der Waals surface area contributed by atoms with Crippen LogP contribution in [0.2, 0.25) is 0 Å². The Labute approximate surface area is 171 Å². The van der Waals surface area contributed by atoms with Crippen LogP contribution in [0.5, 0.6) is 0 Å². The maximum atomic E-state index is 12.6. The maximum absolute atomic E-state index is 12.6. The normalized spacial score (nSPS) is 10.6. The van der Waals surface area contributed by atoms with E-state index in [9.17, 15) is 9.59 Å². The predicted molar refractivity (Wildman–Crippen MR) is 111 cm³/mol. The molecule has 3 rings (SSSR count). The summed E-state index contributed by atoms with van der Waals surface area (Å²) in [6, 6.07) is 14.4. The molecule has 1 N–H and O–H groups in total. The van der Waals surface area contributed by atoms with Gasteiger partial charge in [-0.15, -0.1) is 0 Å². The molecule has 3 aromatic rings. The summed E-state index contributed by atoms with van der Waals surface area (Å²) in [6.45, 7) is 4.12. The Morgan fingerprint density at radius 1 is 1.11 bits per heavy atom. The standard InChI is InChI=1S/C21H20BrN3O3/c1-13-19(23-20(26)15-8-10-17(22)11-9-15)14(2)25(24-13)12-16-6-4-5-7-18(16)21(27)28-3/h4-11H,12H2,1-3H3,(H,23,26). The lowest BCUT2D eigenvalue weighted by Gasteiger charge is -2.10. The number of amides is 1. The third-order valence-electron chi connectivity index (χ3n) is 4.47. The molecular formula is C21H20BrN3O3. The summed E-state index contributed by atoms with van der Waals surface area (Å²) in [5.41, 5.74) is 4.04. The van der Waals surface area contributed by atoms with Crippen molar-refractivity contribution in [1.29, 1.82) is 0 Å². The van der Waals surface area contributed by atoms with Crippen molar-refractivity contribution in [2.45, 2.75) is 20.4 Å². The highest BCUT2D eigenvalue weighted by atomic mass is 79.9. The SMILES string of the molecule is COC(=O)c1ccccc1Cn1nc(C)c(NC(=O)c2ccc(Br)cc2)c1C. The van der Waals surface area contributed by atoms with E-state index in [0.29, 0.717) is 29.1 Å². The van der Waals surface area contributed by atoms with E-state index in [2.05, 4.69) is 26.3 Å². The number of rotatable bonds is 5. The van der Waals surface area contributed by atoms with Gasteiger partial charge >= 0.3 is 5.97 Å². The topological polar surface area (TPSA) is 73.2 Å². The molecule has 0 atom stereocenters. The number of esters is 1. The smallest absolute Gasteiger partial charge is 0.338 e. The summed E-state index contributed by atoms with van der Waals surface area (Å²) >= 11 is 3.36. The second kappa shape index (κ2) is 8.39. The fraction of sp³-hybridized carbons (Fsp3) is 0.190. The van der Waals surface area contributed by atoms with Crippen molar-refractivity contribution in [1.82, 2.24) is 9.78 Å². The first-order chi connectivity index (χ1) is 13.4. The second-order valence-corrected chi connectivity index (χ2v) is 7.23. The van der Waals surface area contributed by atoms with Gasteiger partial charge in [-0.1, -0.05) is 34.1 Å². The third-order valence-corrected chi connectivity index (χ3v) is 5.00. The third kappa shape index (κ3) is 4.14. The van der Waals surface area contributed by atoms with Crippen molar-refractivity contribution in [2.24, 2.45) is 0 Å². The van der Waals surface area contributed by atoms with Gasteiger partial charge in [0.05, 0.1) is 36.3 Å². The number of carbonyl (C=O) groups excluding carboxylic acids is 2. The number of nitrogens with one attached hydrogen (secondary N) is 1. The average Bonchev–Trinajstić information content (AvgIpc) is 2.95. The van der Waals surface area contributed by atoms with E-state index >= 15 is 0 Å². The molecule has 2 aromatic carbocycles. The number of halogens is 1. The number of hydrogen-bond donors (Lipinski definition) is 1. The van der Waals surface area contributed by atoms with Crippen LogP contribution in [0.15, 0.2) is 53.0 Å². The van der Waals surface area contributed by atoms with Gasteiger partial charge in [-0.3, -0.25) is 9.48 Å². The van der Waals surface area contributed by atoms with Crippen LogP contribution in [0.3, 0.4) is 0 Å². The van der Waals surface area contributed by atoms with Gasteiger partial charge in [-0.05, 0) is 49.7 Å². The molecule has 0 saturated carbocycles. The van der Waals surface area contributed by atoms with Crippen LogP contribution >= 0.6 is 15.9 Å². The molecule has 0 aliphatic rings. The lowest BCUT2D eigenvalue weighted by molar-refractivity contribution is 0.0599. The van der Waals surface area contributed by atoms with Crippen LogP contribution in [0.25, 0.3) is 0 Å². The Morgan fingerprint density at radius 3 is 2.46 bits per heavy atom. The zero-order valence-electron chi connectivity index (χ0n) is 15.8. The van der Waals surface area contributed by atoms with Crippen LogP contribution in [0, 0.1) is 13.8 Å². The number of carbonyl (C=O) groups is 2. The Morgan fingerprint density at radius 2 is 1.79 bits per heavy atom. The average molecular weight is 442 g/mol. The Balaban J connectivity index is 1.86. The molecule has 1 amide bonds. The number of aryl methyl sites for hydroxylation is 1. The van der Waals surface area contributed by atoms with E-state index in [1.165, 1.54) is 7.11 Å². The highest BCUT2D eigenvalue weighted by Gasteiger charge is 2.17. The minimum atomic E-state index is -0.388. The Kier molecular flexibility index (Phi) is 5.94. The largest absolute Gasteiger partial charge is 0.465 e. The van der Waals surface area contributed by atoms with Crippen molar-refractivity contribution in [3.05, 3.63) is 81.1 Å². The molecule has 144 valence electrons. The number of ether oxygens (including phenoxy) is 1. The zero-order chi connectivity index (χ0) is 20.3. The summed E-state index contributed by atoms with van der Waals surface area (Å²) in [5, 5.41) is 7.47. The first-order valence-corrected chi connectivity index (χ1v) is 9.47. The van der Waals surface area contributed by atoms with Crippen molar-refractivity contribution in [2.75, 3.05) is 12.4 Å². The molecule has 1 aromatic heterocycles. The van der Waals surface area contributed by atoms with Crippen molar-refractivity contribution in [3.63, 3.8) is 0 Å². The highest BCUT2D eigenvalue weighted by Crippen LogP contribution is 2.23. The molecule has 1 heterocycles. The van der Waals surface area contributed by atoms with Crippen molar-refractivity contribution in [3.8, 4) is 0 Å². The molecule has 7 heteroatoms. The molecule has 0 bridgehead atoms. The van der Waals surface area contributed by atoms with Crippen LogP contribution in [0.4, 0.5) is 5.69 Å². The fourth-order valence-electron chi connectivity index (χ4n) is 2.95. The van der Waals surface area contributed by atoms with E-state index in [1.807, 2.05) is 38.1 Å². The van der Waals surface area contributed by atoms with Gasteiger partial charge in [0.25, 0.3) is 5.91 Å². The summed E-state index contributed by atoms with van der Waals surface area (Å²) in [4.78, 5) is 24.6. The molecule has 0 saturated heterocycles. The lowest BCUT2D eigenvalue weighted by Crippen LogP contribution is -2.14. The van der Waals surface area contributed by atoms with Crippen LogP contribution in [0.1, 0.15) is 37.7 Å². The monoisotopic (exact) mass is 441 g/mol. The van der Waals surface area contributed by atoms with E-state index in [4.69, 9.17) is 4.74 Å². The summed E-state index contributed by atoms with van der Waals surface area (Å²) in [6.07, 6.45) is 0. The summed E-state index contributed by atoms with van der Waals surface area (Å²) < 4.78 is 7.54. The second-order valence-electron chi connectivity index (χ2n) is 6.31. The van der Waals surface area contributed by atoms with Gasteiger partial charge < -0.3 is 10.1 Å². The number of anilines is 1. The van der Waals surface area contributed by atoms with Gasteiger partial charge in [0, 0.05) is 10.0 Å². The molecule has 0 unspecified atom stereocenters. The Bertz CT molecular complexity index is 1030. The van der Waals surface area contributed by atoms with Gasteiger partial charge in [0.15, 0.2) is 0 Å². The van der Waals surface area contributed by atoms with Crippen LogP contribution < -0.4 is 5.32 Å². The number of nitrogens with zero attached hydrogens (tertiary/aromatic N) is 2. The van der Waals surface area contributed by atoms with Crippen LogP contribution in [-0.4, -0.2) is 28.8 Å². The molecule has 0 aliphatic heterocycles. The number of methoxy groups -OCH3 is 1. The van der Waals surface area contributed by atoms with Gasteiger partial charge in [-0.2, -0.15) is 5.10 Å². The van der Waals surface area contributed by atoms with Crippen molar-refractivity contribution >= 4 is 33.5 Å². The molecule has 0 radical (unpaired) electrons. The molecule has 0 fully saturated rings. The molecule has 6 nitrogen and oxygen atoms in total. The fourth-order valence-corrected chi connectivity index (χ4v) is 3.21. The number of hydrogen-bond acceptors (Lipinski definition) is 4. The summed E-state index contributed by atoms with van der Waals surface area (Å²) in [7, 11) is 1.36. The quantitative estimate of drug-likeness (QED) is 0.597. The maximum Gasteiger partial charge on any atom is 0.338 e. The predicted octanol–water partition coefficient (Wildman–Crippen LogP) is 4.35. The van der Waals surface area contributed by atoms with E-state index < -0.39 is 0 Å². The molecular weight excluding hydrogens is 422 g/mol. The first kappa shape index (κ1) is 19.8. The summed E-state index contributed by atoms with van der Waals surface area (Å²) in [5.74, 6) is -0.589. The molecule has 0 spiro atoms. The molecule has 28 heavy (non-hydrogen) atoms. The van der Waals surface area contributed by atoms with Crippen LogP contribution in [-0.2, 0) is 11.3 Å². The minimum Gasteiger partial charge on any atom is -0.465 e. The highest BCUT2D eigenvalue weighted by molar-refractivity contribution is 9.10. The van der Waals surface area contributed by atoms with E-state index in [-0.39, 0.29) is 11.9 Å². The number of aromatic nitrogens is 2. The zero-order valence-corrected chi connectivity index (χ0v) is 17.4. The Hall–Kier alpha value is -2.93. The van der Waals surface area contributed by atoms with Crippen molar-refractivity contribution < 1.29 is 14.3 Å². The lowest BCUT2D eigenvalue weighted by atomic mass is 10.1. The van der Waals surface area contributed by atoms with Gasteiger partial charge in [0.1, 0.15) is 0 Å². The number of benzene rings is 2. The van der Waals surface area contributed by atoms with Gasteiger partial charge in [0.2, 0.25) is 0 Å².